The summed E-state index contributed by atoms with van der Waals surface area (Å²) in [5.41, 5.74) is 2.04. The summed E-state index contributed by atoms with van der Waals surface area (Å²) in [5.74, 6) is 1.33. The van der Waals surface area contributed by atoms with E-state index in [1.807, 2.05) is 44.2 Å². The van der Waals surface area contributed by atoms with E-state index in [1.54, 1.807) is 18.2 Å². The molecule has 3 nitrogen and oxygen atoms in total. The van der Waals surface area contributed by atoms with Crippen molar-refractivity contribution in [2.24, 2.45) is 0 Å². The average Bonchev–Trinajstić information content (AvgIpc) is 2.48. The van der Waals surface area contributed by atoms with Crippen molar-refractivity contribution in [3.8, 4) is 16.9 Å². The standard InChI is InChI=1S/C18H16O3/c1-3-20-14-9-10-15-16(11-14)21-12(2)17(18(15)19)13-7-5-4-6-8-13/h4-11H,3H2,1-2H3. The van der Waals surface area contributed by atoms with Gasteiger partial charge in [0.1, 0.15) is 17.1 Å². The highest BCUT2D eigenvalue weighted by Gasteiger charge is 2.13. The number of fused-ring (bicyclic) bond motifs is 1. The smallest absolute Gasteiger partial charge is 0.200 e. The van der Waals surface area contributed by atoms with Crippen LogP contribution in [0.5, 0.6) is 5.75 Å². The van der Waals surface area contributed by atoms with Gasteiger partial charge in [0.25, 0.3) is 0 Å². The molecule has 3 aromatic rings. The van der Waals surface area contributed by atoms with Crippen molar-refractivity contribution in [1.82, 2.24) is 0 Å². The maximum Gasteiger partial charge on any atom is 0.200 e. The zero-order valence-electron chi connectivity index (χ0n) is 12.1. The molecule has 0 aliphatic heterocycles. The Kier molecular flexibility index (Phi) is 3.48. The first-order chi connectivity index (χ1) is 10.2. The Balaban J connectivity index is 2.25. The molecule has 3 heteroatoms. The number of hydrogen-bond donors (Lipinski definition) is 0. The fourth-order valence-electron chi connectivity index (χ4n) is 2.48. The predicted octanol–water partition coefficient (Wildman–Crippen LogP) is 4.17. The molecule has 0 amide bonds. The lowest BCUT2D eigenvalue weighted by Crippen LogP contribution is -2.07. The van der Waals surface area contributed by atoms with E-state index in [1.165, 1.54) is 0 Å². The summed E-state index contributed by atoms with van der Waals surface area (Å²) in [7, 11) is 0. The Morgan fingerprint density at radius 2 is 1.86 bits per heavy atom. The molecule has 0 N–H and O–H groups in total. The van der Waals surface area contributed by atoms with Gasteiger partial charge < -0.3 is 9.15 Å². The lowest BCUT2D eigenvalue weighted by molar-refractivity contribution is 0.340. The van der Waals surface area contributed by atoms with Gasteiger partial charge in [-0.15, -0.1) is 0 Å². The first-order valence-corrected chi connectivity index (χ1v) is 6.96. The predicted molar refractivity (Wildman–Crippen MR) is 83.8 cm³/mol. The Bertz CT molecular complexity index is 832. The van der Waals surface area contributed by atoms with Gasteiger partial charge in [0.15, 0.2) is 0 Å². The van der Waals surface area contributed by atoms with Crippen LogP contribution in [0.15, 0.2) is 57.7 Å². The van der Waals surface area contributed by atoms with E-state index in [0.717, 1.165) is 5.56 Å². The molecule has 0 spiro atoms. The van der Waals surface area contributed by atoms with Gasteiger partial charge in [-0.3, -0.25) is 4.79 Å². The van der Waals surface area contributed by atoms with Crippen molar-refractivity contribution in [2.75, 3.05) is 6.61 Å². The third-order valence-corrected chi connectivity index (χ3v) is 3.41. The maximum absolute atomic E-state index is 12.7. The van der Waals surface area contributed by atoms with E-state index in [0.29, 0.717) is 34.6 Å². The van der Waals surface area contributed by atoms with Crippen molar-refractivity contribution in [2.45, 2.75) is 13.8 Å². The summed E-state index contributed by atoms with van der Waals surface area (Å²) in [6, 6.07) is 14.9. The third-order valence-electron chi connectivity index (χ3n) is 3.41. The molecule has 21 heavy (non-hydrogen) atoms. The zero-order chi connectivity index (χ0) is 14.8. The monoisotopic (exact) mass is 280 g/mol. The molecule has 3 rings (SSSR count). The largest absolute Gasteiger partial charge is 0.494 e. The molecule has 0 fully saturated rings. The molecule has 0 radical (unpaired) electrons. The minimum absolute atomic E-state index is 0.0111. The number of aryl methyl sites for hydroxylation is 1. The molecule has 1 heterocycles. The Morgan fingerprint density at radius 3 is 2.57 bits per heavy atom. The summed E-state index contributed by atoms with van der Waals surface area (Å²) in [5, 5.41) is 0.572. The van der Waals surface area contributed by atoms with Crippen molar-refractivity contribution in [3.63, 3.8) is 0 Å². The van der Waals surface area contributed by atoms with Crippen LogP contribution in [-0.2, 0) is 0 Å². The van der Waals surface area contributed by atoms with E-state index < -0.39 is 0 Å². The minimum atomic E-state index is -0.0111. The van der Waals surface area contributed by atoms with Crippen LogP contribution in [0, 0.1) is 6.92 Å². The van der Waals surface area contributed by atoms with Gasteiger partial charge in [-0.1, -0.05) is 30.3 Å². The van der Waals surface area contributed by atoms with Crippen molar-refractivity contribution in [1.29, 1.82) is 0 Å². The lowest BCUT2D eigenvalue weighted by atomic mass is 10.0. The Labute approximate surface area is 122 Å². The van der Waals surface area contributed by atoms with Gasteiger partial charge in [-0.2, -0.15) is 0 Å². The number of hydrogen-bond acceptors (Lipinski definition) is 3. The molecular formula is C18H16O3. The second-order valence-corrected chi connectivity index (χ2v) is 4.82. The van der Waals surface area contributed by atoms with E-state index in [2.05, 4.69) is 0 Å². The maximum atomic E-state index is 12.7. The van der Waals surface area contributed by atoms with E-state index in [-0.39, 0.29) is 5.43 Å². The second kappa shape index (κ2) is 5.44. The van der Waals surface area contributed by atoms with Gasteiger partial charge in [-0.05, 0) is 31.5 Å². The Hall–Kier alpha value is -2.55. The van der Waals surface area contributed by atoms with Crippen LogP contribution in [0.1, 0.15) is 12.7 Å². The summed E-state index contributed by atoms with van der Waals surface area (Å²) >= 11 is 0. The highest BCUT2D eigenvalue weighted by Crippen LogP contribution is 2.26. The first-order valence-electron chi connectivity index (χ1n) is 6.96. The molecule has 0 atom stereocenters. The van der Waals surface area contributed by atoms with Crippen LogP contribution in [-0.4, -0.2) is 6.61 Å². The number of rotatable bonds is 3. The fourth-order valence-corrected chi connectivity index (χ4v) is 2.48. The molecular weight excluding hydrogens is 264 g/mol. The zero-order valence-corrected chi connectivity index (χ0v) is 12.1. The summed E-state index contributed by atoms with van der Waals surface area (Å²) in [4.78, 5) is 12.7. The van der Waals surface area contributed by atoms with Gasteiger partial charge in [0.05, 0.1) is 17.6 Å². The fraction of sp³-hybridized carbons (Fsp3) is 0.167. The summed E-state index contributed by atoms with van der Waals surface area (Å²) < 4.78 is 11.3. The molecule has 1 aromatic heterocycles. The number of benzene rings is 2. The van der Waals surface area contributed by atoms with Crippen molar-refractivity contribution >= 4 is 11.0 Å². The van der Waals surface area contributed by atoms with Gasteiger partial charge in [0, 0.05) is 6.07 Å². The molecule has 0 aliphatic rings. The van der Waals surface area contributed by atoms with Crippen molar-refractivity contribution < 1.29 is 9.15 Å². The summed E-state index contributed by atoms with van der Waals surface area (Å²) in [6.45, 7) is 4.32. The number of ether oxygens (including phenoxy) is 1. The van der Waals surface area contributed by atoms with Crippen LogP contribution >= 0.6 is 0 Å². The van der Waals surface area contributed by atoms with Crippen molar-refractivity contribution in [3.05, 3.63) is 64.5 Å². The van der Waals surface area contributed by atoms with Crippen LogP contribution in [0.4, 0.5) is 0 Å². The molecule has 0 bridgehead atoms. The van der Waals surface area contributed by atoms with Crippen LogP contribution in [0.2, 0.25) is 0 Å². The SMILES string of the molecule is CCOc1ccc2c(=O)c(-c3ccccc3)c(C)oc2c1. The van der Waals surface area contributed by atoms with Crippen LogP contribution in [0.3, 0.4) is 0 Å². The quantitative estimate of drug-likeness (QED) is 0.723. The average molecular weight is 280 g/mol. The third kappa shape index (κ3) is 2.42. The molecule has 0 saturated carbocycles. The Morgan fingerprint density at radius 1 is 1.10 bits per heavy atom. The molecule has 106 valence electrons. The molecule has 0 unspecified atom stereocenters. The van der Waals surface area contributed by atoms with E-state index in [9.17, 15) is 4.79 Å². The van der Waals surface area contributed by atoms with Gasteiger partial charge >= 0.3 is 0 Å². The normalized spacial score (nSPS) is 10.8. The van der Waals surface area contributed by atoms with E-state index >= 15 is 0 Å². The molecule has 0 saturated heterocycles. The lowest BCUT2D eigenvalue weighted by Gasteiger charge is -2.08. The minimum Gasteiger partial charge on any atom is -0.494 e. The van der Waals surface area contributed by atoms with Crippen LogP contribution < -0.4 is 10.2 Å². The van der Waals surface area contributed by atoms with E-state index in [4.69, 9.17) is 9.15 Å². The second-order valence-electron chi connectivity index (χ2n) is 4.82. The summed E-state index contributed by atoms with van der Waals surface area (Å²) in [6.07, 6.45) is 0. The van der Waals surface area contributed by atoms with Crippen LogP contribution in [0.25, 0.3) is 22.1 Å². The first kappa shape index (κ1) is 13.4. The highest BCUT2D eigenvalue weighted by molar-refractivity contribution is 5.83. The van der Waals surface area contributed by atoms with Gasteiger partial charge in [-0.25, -0.2) is 0 Å². The molecule has 2 aromatic carbocycles. The highest BCUT2D eigenvalue weighted by atomic mass is 16.5. The molecule has 0 aliphatic carbocycles. The van der Waals surface area contributed by atoms with Gasteiger partial charge in [0.2, 0.25) is 5.43 Å². The topological polar surface area (TPSA) is 39.4 Å².